The van der Waals surface area contributed by atoms with Crippen LogP contribution in [0, 0.1) is 5.82 Å². The Labute approximate surface area is 253 Å². The van der Waals surface area contributed by atoms with Gasteiger partial charge in [0.15, 0.2) is 5.17 Å². The van der Waals surface area contributed by atoms with Crippen molar-refractivity contribution in [3.63, 3.8) is 0 Å². The number of halogens is 3. The Morgan fingerprint density at radius 1 is 0.925 bits per heavy atom. The summed E-state index contributed by atoms with van der Waals surface area (Å²) in [6, 6.07) is 27.2. The van der Waals surface area contributed by atoms with Crippen LogP contribution in [0.15, 0.2) is 110 Å². The van der Waals surface area contributed by atoms with Crippen molar-refractivity contribution in [3.05, 3.63) is 127 Å². The normalized spacial score (nSPS) is 15.2. The van der Waals surface area contributed by atoms with Gasteiger partial charge in [0.05, 0.1) is 33.2 Å². The quantitative estimate of drug-likeness (QED) is 0.175. The number of ether oxygens (including phenoxy) is 2. The van der Waals surface area contributed by atoms with E-state index < -0.39 is 0 Å². The van der Waals surface area contributed by atoms with Crippen LogP contribution < -0.4 is 9.47 Å². The Kier molecular flexibility index (Phi) is 9.04. The van der Waals surface area contributed by atoms with Crippen molar-refractivity contribution in [3.8, 4) is 11.5 Å². The van der Waals surface area contributed by atoms with Crippen molar-refractivity contribution in [2.45, 2.75) is 13.2 Å². The zero-order valence-electron chi connectivity index (χ0n) is 21.3. The van der Waals surface area contributed by atoms with Crippen molar-refractivity contribution in [1.29, 1.82) is 0 Å². The van der Waals surface area contributed by atoms with E-state index in [1.165, 1.54) is 23.9 Å². The largest absolute Gasteiger partial charge is 0.497 e. The first-order valence-electron chi connectivity index (χ1n) is 12.2. The predicted molar refractivity (Wildman–Crippen MR) is 165 cm³/mol. The minimum absolute atomic E-state index is 0.126. The van der Waals surface area contributed by atoms with Gasteiger partial charge in [-0.1, -0.05) is 42.5 Å². The number of rotatable bonds is 8. The van der Waals surface area contributed by atoms with Gasteiger partial charge in [-0.05, 0) is 115 Å². The smallest absolute Gasteiger partial charge is 0.267 e. The number of amidine groups is 1. The van der Waals surface area contributed by atoms with Crippen LogP contribution in [0.25, 0.3) is 6.08 Å². The lowest BCUT2D eigenvalue weighted by Crippen LogP contribution is -2.28. The number of methoxy groups -OCH3 is 1. The Balaban J connectivity index is 1.40. The van der Waals surface area contributed by atoms with E-state index in [0.29, 0.717) is 22.4 Å². The minimum atomic E-state index is -0.289. The molecule has 1 fully saturated rings. The number of hydrogen-bond donors (Lipinski definition) is 0. The summed E-state index contributed by atoms with van der Waals surface area (Å²) in [4.78, 5) is 20.6. The maximum Gasteiger partial charge on any atom is 0.267 e. The second kappa shape index (κ2) is 12.8. The highest BCUT2D eigenvalue weighted by molar-refractivity contribution is 9.11. The van der Waals surface area contributed by atoms with Gasteiger partial charge in [-0.15, -0.1) is 0 Å². The van der Waals surface area contributed by atoms with Crippen LogP contribution in [0.1, 0.15) is 16.7 Å². The highest BCUT2D eigenvalue weighted by Crippen LogP contribution is 2.39. The van der Waals surface area contributed by atoms with Crippen LogP contribution in [0.5, 0.6) is 11.5 Å². The number of para-hydroxylation sites is 1. The number of thioether (sulfide) groups is 1. The van der Waals surface area contributed by atoms with Gasteiger partial charge in [-0.2, -0.15) is 0 Å². The van der Waals surface area contributed by atoms with Gasteiger partial charge in [-0.3, -0.25) is 9.69 Å². The fourth-order valence-corrected chi connectivity index (χ4v) is 6.39. The zero-order valence-corrected chi connectivity index (χ0v) is 25.3. The number of nitrogens with zero attached hydrogens (tertiary/aromatic N) is 2. The van der Waals surface area contributed by atoms with E-state index in [-0.39, 0.29) is 18.3 Å². The van der Waals surface area contributed by atoms with E-state index >= 15 is 0 Å². The number of carbonyl (C=O) groups excluding carboxylic acids is 1. The topological polar surface area (TPSA) is 51.1 Å². The van der Waals surface area contributed by atoms with E-state index in [1.807, 2.05) is 72.8 Å². The third-order valence-corrected chi connectivity index (χ3v) is 8.17. The number of aliphatic imine (C=N–C) groups is 1. The highest BCUT2D eigenvalue weighted by atomic mass is 79.9. The van der Waals surface area contributed by atoms with Gasteiger partial charge >= 0.3 is 0 Å². The fraction of sp³-hybridized carbons (Fsp3) is 0.0968. The molecule has 0 aromatic heterocycles. The number of hydrogen-bond acceptors (Lipinski definition) is 5. The van der Waals surface area contributed by atoms with Gasteiger partial charge in [0.2, 0.25) is 0 Å². The molecule has 0 aliphatic carbocycles. The second-order valence-electron chi connectivity index (χ2n) is 8.81. The van der Waals surface area contributed by atoms with Crippen LogP contribution in [-0.4, -0.2) is 23.1 Å². The van der Waals surface area contributed by atoms with E-state index in [9.17, 15) is 9.18 Å². The van der Waals surface area contributed by atoms with Gasteiger partial charge in [0.25, 0.3) is 5.91 Å². The van der Waals surface area contributed by atoms with Crippen LogP contribution in [0.4, 0.5) is 10.1 Å². The molecule has 0 radical (unpaired) electrons. The average Bonchev–Trinajstić information content (AvgIpc) is 3.23. The monoisotopic (exact) mass is 680 g/mol. The maximum absolute atomic E-state index is 13.6. The van der Waals surface area contributed by atoms with Gasteiger partial charge in [0, 0.05) is 0 Å². The predicted octanol–water partition coefficient (Wildman–Crippen LogP) is 8.74. The first-order valence-corrected chi connectivity index (χ1v) is 14.6. The lowest BCUT2D eigenvalue weighted by Gasteiger charge is -2.16. The third kappa shape index (κ3) is 6.83. The lowest BCUT2D eigenvalue weighted by molar-refractivity contribution is -0.122. The van der Waals surface area contributed by atoms with Crippen LogP contribution in [0.2, 0.25) is 0 Å². The zero-order chi connectivity index (χ0) is 28.1. The molecule has 5 rings (SSSR count). The van der Waals surface area contributed by atoms with Crippen LogP contribution in [0.3, 0.4) is 0 Å². The van der Waals surface area contributed by atoms with E-state index in [1.54, 1.807) is 24.1 Å². The van der Waals surface area contributed by atoms with Crippen molar-refractivity contribution in [1.82, 2.24) is 4.90 Å². The molecule has 9 heteroatoms. The fourth-order valence-electron chi connectivity index (χ4n) is 3.95. The molecule has 1 aliphatic rings. The average molecular weight is 682 g/mol. The Morgan fingerprint density at radius 3 is 2.23 bits per heavy atom. The van der Waals surface area contributed by atoms with E-state index in [2.05, 4.69) is 31.9 Å². The lowest BCUT2D eigenvalue weighted by atomic mass is 10.2. The molecule has 0 bridgehead atoms. The van der Waals surface area contributed by atoms with Crippen LogP contribution >= 0.6 is 43.6 Å². The standard InChI is InChI=1S/C31H23Br2FN2O3S/c1-38-25-13-9-20(10-14-25)18-36-30(37)28(40-31(36)35-24-5-3-2-4-6-24)17-22-15-26(32)29(27(33)16-22)39-19-21-7-11-23(34)12-8-21/h2-17H,18-19H2,1H3/b28-17-,35-31?. The molecule has 4 aromatic rings. The maximum atomic E-state index is 13.6. The second-order valence-corrected chi connectivity index (χ2v) is 11.5. The summed E-state index contributed by atoms with van der Waals surface area (Å²) in [5.74, 6) is 0.956. The number of amides is 1. The molecular weight excluding hydrogens is 659 g/mol. The van der Waals surface area contributed by atoms with E-state index in [0.717, 1.165) is 37.1 Å². The molecule has 4 aromatic carbocycles. The Hall–Kier alpha value is -3.40. The summed E-state index contributed by atoms with van der Waals surface area (Å²) in [5, 5.41) is 0.607. The highest BCUT2D eigenvalue weighted by Gasteiger charge is 2.33. The summed E-state index contributed by atoms with van der Waals surface area (Å²) in [6.45, 7) is 0.661. The first-order chi connectivity index (χ1) is 19.4. The Bertz CT molecular complexity index is 1550. The van der Waals surface area contributed by atoms with Gasteiger partial charge < -0.3 is 9.47 Å². The van der Waals surface area contributed by atoms with Crippen molar-refractivity contribution < 1.29 is 18.7 Å². The summed E-state index contributed by atoms with van der Waals surface area (Å²) < 4.78 is 25.9. The molecule has 1 amide bonds. The molecule has 1 aliphatic heterocycles. The number of benzene rings is 4. The molecule has 0 N–H and O–H groups in total. The molecule has 5 nitrogen and oxygen atoms in total. The molecular formula is C31H23Br2FN2O3S. The van der Waals surface area contributed by atoms with Crippen molar-refractivity contribution in [2.24, 2.45) is 4.99 Å². The van der Waals surface area contributed by atoms with Crippen LogP contribution in [-0.2, 0) is 17.9 Å². The summed E-state index contributed by atoms with van der Waals surface area (Å²) in [6.07, 6.45) is 1.85. The van der Waals surface area contributed by atoms with Gasteiger partial charge in [-0.25, -0.2) is 9.38 Å². The SMILES string of the molecule is COc1ccc(CN2C(=O)/C(=C/c3cc(Br)c(OCc4ccc(F)cc4)c(Br)c3)SC2=Nc2ccccc2)cc1. The van der Waals surface area contributed by atoms with Crippen molar-refractivity contribution in [2.75, 3.05) is 7.11 Å². The Morgan fingerprint density at radius 2 is 1.57 bits per heavy atom. The molecule has 202 valence electrons. The molecule has 0 unspecified atom stereocenters. The van der Waals surface area contributed by atoms with E-state index in [4.69, 9.17) is 14.5 Å². The van der Waals surface area contributed by atoms with Gasteiger partial charge in [0.1, 0.15) is 23.9 Å². The summed E-state index contributed by atoms with van der Waals surface area (Å²) >= 11 is 8.52. The minimum Gasteiger partial charge on any atom is -0.497 e. The summed E-state index contributed by atoms with van der Waals surface area (Å²) in [5.41, 5.74) is 3.40. The molecule has 1 heterocycles. The molecule has 0 spiro atoms. The summed E-state index contributed by atoms with van der Waals surface area (Å²) in [7, 11) is 1.62. The molecule has 0 saturated carbocycles. The van der Waals surface area contributed by atoms with Crippen molar-refractivity contribution >= 4 is 66.5 Å². The third-order valence-electron chi connectivity index (χ3n) is 5.98. The molecule has 1 saturated heterocycles. The first kappa shape index (κ1) is 28.1. The molecule has 0 atom stereocenters. The molecule has 40 heavy (non-hydrogen) atoms. The number of carbonyl (C=O) groups is 1.